The van der Waals surface area contributed by atoms with E-state index in [-0.39, 0.29) is 0 Å². The summed E-state index contributed by atoms with van der Waals surface area (Å²) in [4.78, 5) is 8.59. The molecule has 1 aliphatic rings. The Bertz CT molecular complexity index is 415. The molecule has 1 heterocycles. The first-order valence-corrected chi connectivity index (χ1v) is 8.44. The van der Waals surface area contributed by atoms with E-state index in [1.807, 2.05) is 11.3 Å². The number of hydrogen-bond donors (Lipinski definition) is 1. The molecule has 0 aromatic carbocycles. The highest BCUT2D eigenvalue weighted by molar-refractivity contribution is 7.15. The first-order chi connectivity index (χ1) is 9.65. The Kier molecular flexibility index (Phi) is 5.81. The van der Waals surface area contributed by atoms with E-state index in [0.717, 1.165) is 37.4 Å². The van der Waals surface area contributed by atoms with Gasteiger partial charge in [0.2, 0.25) is 0 Å². The standard InChI is InChI=1S/C15H27N3OS/c1-5-18(8-9-19-4)15-17-14(11(2)3)13(20-15)10-16-12-6-7-12/h11-12,16H,5-10H2,1-4H3. The first kappa shape index (κ1) is 15.7. The molecular formula is C15H27N3OS. The Labute approximate surface area is 126 Å². The molecule has 0 atom stereocenters. The van der Waals surface area contributed by atoms with Gasteiger partial charge >= 0.3 is 0 Å². The average molecular weight is 297 g/mol. The quantitative estimate of drug-likeness (QED) is 0.760. The highest BCUT2D eigenvalue weighted by atomic mass is 32.1. The van der Waals surface area contributed by atoms with Gasteiger partial charge in [-0.15, -0.1) is 11.3 Å². The van der Waals surface area contributed by atoms with Crippen molar-refractivity contribution in [3.8, 4) is 0 Å². The minimum atomic E-state index is 0.483. The topological polar surface area (TPSA) is 37.4 Å². The second-order valence-electron chi connectivity index (χ2n) is 5.69. The van der Waals surface area contributed by atoms with E-state index in [2.05, 4.69) is 31.0 Å². The molecule has 4 nitrogen and oxygen atoms in total. The van der Waals surface area contributed by atoms with Crippen LogP contribution >= 0.6 is 11.3 Å². The number of methoxy groups -OCH3 is 1. The summed E-state index contributed by atoms with van der Waals surface area (Å²) in [7, 11) is 1.75. The molecule has 0 saturated heterocycles. The van der Waals surface area contributed by atoms with Crippen LogP contribution in [0, 0.1) is 0 Å². The van der Waals surface area contributed by atoms with Crippen LogP contribution in [0.1, 0.15) is 50.1 Å². The molecule has 0 spiro atoms. The predicted octanol–water partition coefficient (Wildman–Crippen LogP) is 2.99. The lowest BCUT2D eigenvalue weighted by Gasteiger charge is -2.18. The van der Waals surface area contributed by atoms with Gasteiger partial charge in [-0.25, -0.2) is 4.98 Å². The second-order valence-corrected chi connectivity index (χ2v) is 6.75. The number of likely N-dealkylation sites (N-methyl/N-ethyl adjacent to an activating group) is 1. The van der Waals surface area contributed by atoms with Gasteiger partial charge in [-0.05, 0) is 25.7 Å². The summed E-state index contributed by atoms with van der Waals surface area (Å²) in [5, 5.41) is 4.75. The average Bonchev–Trinajstić information content (AvgIpc) is 3.16. The summed E-state index contributed by atoms with van der Waals surface area (Å²) in [6.45, 7) is 10.2. The molecular weight excluding hydrogens is 270 g/mol. The highest BCUT2D eigenvalue weighted by Crippen LogP contribution is 2.31. The lowest BCUT2D eigenvalue weighted by Crippen LogP contribution is -2.26. The third-order valence-corrected chi connectivity index (χ3v) is 4.74. The van der Waals surface area contributed by atoms with E-state index in [1.165, 1.54) is 23.4 Å². The zero-order valence-electron chi connectivity index (χ0n) is 13.1. The van der Waals surface area contributed by atoms with Crippen LogP contribution in [0.4, 0.5) is 5.13 Å². The Morgan fingerprint density at radius 1 is 1.45 bits per heavy atom. The fraction of sp³-hybridized carbons (Fsp3) is 0.800. The predicted molar refractivity (Wildman–Crippen MR) is 85.8 cm³/mol. The molecule has 1 N–H and O–H groups in total. The maximum absolute atomic E-state index is 5.19. The van der Waals surface area contributed by atoms with E-state index in [4.69, 9.17) is 9.72 Å². The maximum Gasteiger partial charge on any atom is 0.185 e. The molecule has 0 bridgehead atoms. The summed E-state index contributed by atoms with van der Waals surface area (Å²) in [5.74, 6) is 0.483. The smallest absolute Gasteiger partial charge is 0.185 e. The van der Waals surface area contributed by atoms with Gasteiger partial charge in [-0.1, -0.05) is 13.8 Å². The molecule has 5 heteroatoms. The third kappa shape index (κ3) is 4.17. The molecule has 114 valence electrons. The third-order valence-electron chi connectivity index (χ3n) is 3.61. The molecule has 1 saturated carbocycles. The molecule has 0 aliphatic heterocycles. The number of aromatic nitrogens is 1. The molecule has 1 aromatic rings. The molecule has 1 aromatic heterocycles. The number of hydrogen-bond acceptors (Lipinski definition) is 5. The number of anilines is 1. The fourth-order valence-corrected chi connectivity index (χ4v) is 3.43. The Hall–Kier alpha value is -0.650. The summed E-state index contributed by atoms with van der Waals surface area (Å²) in [5.41, 5.74) is 1.26. The SMILES string of the molecule is CCN(CCOC)c1nc(C(C)C)c(CNC2CC2)s1. The molecule has 0 amide bonds. The van der Waals surface area contributed by atoms with Gasteiger partial charge in [0.05, 0.1) is 12.3 Å². The van der Waals surface area contributed by atoms with Crippen molar-refractivity contribution in [2.24, 2.45) is 0 Å². The van der Waals surface area contributed by atoms with Gasteiger partial charge in [0.1, 0.15) is 0 Å². The number of rotatable bonds is 9. The van der Waals surface area contributed by atoms with Crippen molar-refractivity contribution in [1.82, 2.24) is 10.3 Å². The van der Waals surface area contributed by atoms with Crippen LogP contribution < -0.4 is 10.2 Å². The summed E-state index contributed by atoms with van der Waals surface area (Å²) in [6, 6.07) is 0.747. The highest BCUT2D eigenvalue weighted by Gasteiger charge is 2.23. The van der Waals surface area contributed by atoms with Crippen LogP contribution in [0.25, 0.3) is 0 Å². The van der Waals surface area contributed by atoms with Gasteiger partial charge in [-0.3, -0.25) is 0 Å². The van der Waals surface area contributed by atoms with Gasteiger partial charge in [-0.2, -0.15) is 0 Å². The van der Waals surface area contributed by atoms with Crippen molar-refractivity contribution in [2.75, 3.05) is 31.7 Å². The van der Waals surface area contributed by atoms with Crippen LogP contribution in [0.2, 0.25) is 0 Å². The van der Waals surface area contributed by atoms with Crippen molar-refractivity contribution in [2.45, 2.75) is 52.1 Å². The van der Waals surface area contributed by atoms with Crippen LogP contribution in [-0.2, 0) is 11.3 Å². The monoisotopic (exact) mass is 297 g/mol. The van der Waals surface area contributed by atoms with Gasteiger partial charge in [0.25, 0.3) is 0 Å². The molecule has 2 rings (SSSR count). The van der Waals surface area contributed by atoms with Crippen molar-refractivity contribution in [1.29, 1.82) is 0 Å². The second kappa shape index (κ2) is 7.38. The normalized spacial score (nSPS) is 15.1. The van der Waals surface area contributed by atoms with Crippen molar-refractivity contribution in [3.63, 3.8) is 0 Å². The largest absolute Gasteiger partial charge is 0.383 e. The minimum Gasteiger partial charge on any atom is -0.383 e. The van der Waals surface area contributed by atoms with Gasteiger partial charge in [0.15, 0.2) is 5.13 Å². The van der Waals surface area contributed by atoms with Crippen molar-refractivity contribution < 1.29 is 4.74 Å². The molecule has 0 radical (unpaired) electrons. The zero-order chi connectivity index (χ0) is 14.5. The molecule has 0 unspecified atom stereocenters. The zero-order valence-corrected chi connectivity index (χ0v) is 13.9. The molecule has 20 heavy (non-hydrogen) atoms. The summed E-state index contributed by atoms with van der Waals surface area (Å²) >= 11 is 1.84. The number of nitrogens with zero attached hydrogens (tertiary/aromatic N) is 2. The summed E-state index contributed by atoms with van der Waals surface area (Å²) in [6.07, 6.45) is 2.66. The van der Waals surface area contributed by atoms with Crippen LogP contribution in [0.5, 0.6) is 0 Å². The Balaban J connectivity index is 2.08. The van der Waals surface area contributed by atoms with E-state index in [9.17, 15) is 0 Å². The van der Waals surface area contributed by atoms with Crippen molar-refractivity contribution >= 4 is 16.5 Å². The Morgan fingerprint density at radius 2 is 2.20 bits per heavy atom. The first-order valence-electron chi connectivity index (χ1n) is 7.62. The lowest BCUT2D eigenvalue weighted by molar-refractivity contribution is 0.205. The number of nitrogens with one attached hydrogen (secondary N) is 1. The van der Waals surface area contributed by atoms with Crippen LogP contribution in [0.15, 0.2) is 0 Å². The maximum atomic E-state index is 5.19. The number of thiazole rings is 1. The fourth-order valence-electron chi connectivity index (χ4n) is 2.18. The summed E-state index contributed by atoms with van der Waals surface area (Å²) < 4.78 is 5.19. The molecule has 1 fully saturated rings. The Morgan fingerprint density at radius 3 is 2.75 bits per heavy atom. The van der Waals surface area contributed by atoms with E-state index in [0.29, 0.717) is 5.92 Å². The van der Waals surface area contributed by atoms with Gasteiger partial charge in [0, 0.05) is 37.7 Å². The lowest BCUT2D eigenvalue weighted by atomic mass is 10.1. The van der Waals surface area contributed by atoms with Crippen molar-refractivity contribution in [3.05, 3.63) is 10.6 Å². The molecule has 1 aliphatic carbocycles. The van der Waals surface area contributed by atoms with E-state index in [1.54, 1.807) is 7.11 Å². The number of ether oxygens (including phenoxy) is 1. The van der Waals surface area contributed by atoms with E-state index >= 15 is 0 Å². The van der Waals surface area contributed by atoms with E-state index < -0.39 is 0 Å². The van der Waals surface area contributed by atoms with Crippen LogP contribution in [-0.4, -0.2) is 37.8 Å². The van der Waals surface area contributed by atoms with Gasteiger partial charge < -0.3 is 15.0 Å². The minimum absolute atomic E-state index is 0.483. The van der Waals surface area contributed by atoms with Crippen LogP contribution in [0.3, 0.4) is 0 Å².